The predicted octanol–water partition coefficient (Wildman–Crippen LogP) is 12.4. The van der Waals surface area contributed by atoms with E-state index < -0.39 is 35.9 Å². The summed E-state index contributed by atoms with van der Waals surface area (Å²) in [5, 5.41) is 9.25. The summed E-state index contributed by atoms with van der Waals surface area (Å²) in [5.41, 5.74) is 2.64. The number of nitrogens with zero attached hydrogens (tertiary/aromatic N) is 4. The second-order valence-corrected chi connectivity index (χ2v) is 18.4. The van der Waals surface area contributed by atoms with Crippen LogP contribution in [0.2, 0.25) is 0 Å². The molecule has 13 nitrogen and oxygen atoms in total. The number of carbonyl (C=O) groups is 3. The van der Waals surface area contributed by atoms with Crippen LogP contribution in [-0.2, 0) is 40.3 Å². The molecule has 0 bridgehead atoms. The molecule has 0 unspecified atom stereocenters. The van der Waals surface area contributed by atoms with Crippen LogP contribution in [0.25, 0.3) is 0 Å². The molecule has 0 saturated carbocycles. The first kappa shape index (κ1) is 58.1. The molecule has 19 heteroatoms. The van der Waals surface area contributed by atoms with E-state index in [1.54, 1.807) is 81.4 Å². The summed E-state index contributed by atoms with van der Waals surface area (Å²) in [6.45, 7) is 14.4. The smallest absolute Gasteiger partial charge is 0.478 e. The Morgan fingerprint density at radius 3 is 1.28 bits per heavy atom. The number of anilines is 2. The molecule has 6 rings (SSSR count). The Morgan fingerprint density at radius 2 is 0.947 bits per heavy atom. The van der Waals surface area contributed by atoms with Gasteiger partial charge in [0, 0.05) is 44.1 Å². The number of ether oxygens (including phenoxy) is 5. The number of pyridine rings is 2. The van der Waals surface area contributed by atoms with Crippen molar-refractivity contribution in [2.45, 2.75) is 104 Å². The number of halogens is 6. The predicted molar refractivity (Wildman–Crippen MR) is 270 cm³/mol. The minimum absolute atomic E-state index is 0.263. The Labute approximate surface area is 432 Å². The Hall–Kier alpha value is -7.83. The van der Waals surface area contributed by atoms with Gasteiger partial charge in [0.15, 0.2) is 17.5 Å². The van der Waals surface area contributed by atoms with Crippen LogP contribution in [0.15, 0.2) is 134 Å². The average Bonchev–Trinajstić information content (AvgIpc) is 3.35. The summed E-state index contributed by atoms with van der Waals surface area (Å²) in [7, 11) is 0. The molecule has 2 aromatic heterocycles. The highest BCUT2D eigenvalue weighted by molar-refractivity contribution is 5.79. The van der Waals surface area contributed by atoms with Gasteiger partial charge in [0.2, 0.25) is 0 Å². The number of aldehydes is 1. The highest BCUT2D eigenvalue weighted by atomic mass is 19.4. The van der Waals surface area contributed by atoms with E-state index >= 15 is 0 Å². The van der Waals surface area contributed by atoms with Gasteiger partial charge in [-0.2, -0.15) is 0 Å². The second kappa shape index (κ2) is 25.9. The fourth-order valence-corrected chi connectivity index (χ4v) is 7.12. The number of aromatic nitrogens is 2. The van der Waals surface area contributed by atoms with Crippen molar-refractivity contribution in [3.63, 3.8) is 0 Å². The molecule has 4 aromatic carbocycles. The van der Waals surface area contributed by atoms with Gasteiger partial charge in [0.1, 0.15) is 34.6 Å². The molecule has 0 aliphatic rings. The monoisotopic (exact) mass is 1050 g/mol. The minimum atomic E-state index is -4.76. The number of carboxylic acid groups (broad SMARTS) is 1. The Morgan fingerprint density at radius 1 is 0.560 bits per heavy atom. The summed E-state index contributed by atoms with van der Waals surface area (Å²) in [6.07, 6.45) is -4.21. The molecule has 6 aromatic rings. The van der Waals surface area contributed by atoms with Gasteiger partial charge >= 0.3 is 24.7 Å². The molecule has 0 saturated heterocycles. The quantitative estimate of drug-likeness (QED) is 0.0369. The van der Waals surface area contributed by atoms with Crippen molar-refractivity contribution in [2.75, 3.05) is 29.5 Å². The number of hydrogen-bond donors (Lipinski definition) is 1. The van der Waals surface area contributed by atoms with Gasteiger partial charge in [0.05, 0.1) is 6.61 Å². The SMILES string of the molecule is CC(C)c1ccc(N(CCc2ccc(OC(C)(C)C(=O)O)cc2)Cc2ccc(OC(F)(F)F)cc2)nc1.CCOC(=O)C(C)(C)Oc1ccc(CCN(Cc2ccc(OC(F)(F)F)cc2)c2ccc(C=O)cn2)cc1. The number of benzene rings is 4. The molecule has 0 amide bonds. The third kappa shape index (κ3) is 19.2. The van der Waals surface area contributed by atoms with Gasteiger partial charge in [-0.1, -0.05) is 68.4 Å². The first-order valence-electron chi connectivity index (χ1n) is 23.8. The molecule has 400 valence electrons. The van der Waals surface area contributed by atoms with Gasteiger partial charge in [-0.3, -0.25) is 4.79 Å². The number of carboxylic acids is 1. The Kier molecular flexibility index (Phi) is 20.0. The summed E-state index contributed by atoms with van der Waals surface area (Å²) >= 11 is 0. The van der Waals surface area contributed by atoms with E-state index in [1.807, 2.05) is 47.5 Å². The first-order chi connectivity index (χ1) is 35.3. The number of esters is 1. The molecular formula is C56H60F6N4O9. The first-order valence-corrected chi connectivity index (χ1v) is 23.8. The van der Waals surface area contributed by atoms with Crippen molar-refractivity contribution in [3.8, 4) is 23.0 Å². The highest BCUT2D eigenvalue weighted by Gasteiger charge is 2.33. The molecule has 2 heterocycles. The van der Waals surface area contributed by atoms with Crippen LogP contribution < -0.4 is 28.7 Å². The zero-order chi connectivity index (χ0) is 55.0. The van der Waals surface area contributed by atoms with Crippen LogP contribution in [0.3, 0.4) is 0 Å². The minimum Gasteiger partial charge on any atom is -0.478 e. The third-order valence-corrected chi connectivity index (χ3v) is 11.3. The van der Waals surface area contributed by atoms with Crippen LogP contribution in [0.1, 0.15) is 92.6 Å². The maximum absolute atomic E-state index is 12.5. The van der Waals surface area contributed by atoms with Crippen molar-refractivity contribution in [1.29, 1.82) is 0 Å². The van der Waals surface area contributed by atoms with Crippen molar-refractivity contribution in [1.82, 2.24) is 9.97 Å². The lowest BCUT2D eigenvalue weighted by Crippen LogP contribution is -2.39. The number of alkyl halides is 6. The number of carbonyl (C=O) groups excluding carboxylic acids is 2. The van der Waals surface area contributed by atoms with Gasteiger partial charge in [0.25, 0.3) is 0 Å². The number of rotatable bonds is 23. The van der Waals surface area contributed by atoms with E-state index in [0.717, 1.165) is 33.6 Å². The molecule has 0 spiro atoms. The lowest BCUT2D eigenvalue weighted by Gasteiger charge is -2.25. The topological polar surface area (TPSA) is 150 Å². The van der Waals surface area contributed by atoms with Crippen LogP contribution in [0.5, 0.6) is 23.0 Å². The maximum Gasteiger partial charge on any atom is 0.573 e. The van der Waals surface area contributed by atoms with Crippen LogP contribution in [0.4, 0.5) is 38.0 Å². The standard InChI is InChI=1S/C28H29F3N2O5.C28H31F3N2O4/c1-4-36-26(35)27(2,3)37-23-10-5-20(6-11-23)15-16-33(25-14-9-22(19-34)17-32-25)18-21-7-12-24(13-8-21)38-28(29,30)31;1-19(2)22-9-14-25(32-17-22)33(18-21-7-12-24(13-8-21)37-28(29,30)31)16-15-20-5-10-23(11-6-20)36-27(3,4)26(34)35/h5-14,17,19H,4,15-16,18H2,1-3H3;5-14,17,19H,15-16,18H2,1-4H3,(H,34,35). The zero-order valence-electron chi connectivity index (χ0n) is 42.6. The van der Waals surface area contributed by atoms with E-state index in [4.69, 9.17) is 14.2 Å². The second-order valence-electron chi connectivity index (χ2n) is 18.4. The molecule has 0 atom stereocenters. The van der Waals surface area contributed by atoms with Crippen LogP contribution in [0, 0.1) is 0 Å². The largest absolute Gasteiger partial charge is 0.573 e. The van der Waals surface area contributed by atoms with Gasteiger partial charge in [-0.25, -0.2) is 19.6 Å². The third-order valence-electron chi connectivity index (χ3n) is 11.3. The molecule has 0 fully saturated rings. The fraction of sp³-hybridized carbons (Fsp3) is 0.339. The van der Waals surface area contributed by atoms with Crippen molar-refractivity contribution < 1.29 is 69.5 Å². The van der Waals surface area contributed by atoms with E-state index in [9.17, 15) is 45.8 Å². The molecule has 0 aliphatic carbocycles. The van der Waals surface area contributed by atoms with E-state index in [0.29, 0.717) is 74.1 Å². The van der Waals surface area contributed by atoms with Gasteiger partial charge in [-0.15, -0.1) is 26.3 Å². The van der Waals surface area contributed by atoms with E-state index in [2.05, 4.69) is 38.2 Å². The molecule has 1 N–H and O–H groups in total. The van der Waals surface area contributed by atoms with Crippen LogP contribution >= 0.6 is 0 Å². The maximum atomic E-state index is 12.5. The Balaban J connectivity index is 0.000000277. The van der Waals surface area contributed by atoms with Crippen molar-refractivity contribution in [2.24, 2.45) is 0 Å². The van der Waals surface area contributed by atoms with E-state index in [1.165, 1.54) is 44.3 Å². The van der Waals surface area contributed by atoms with Gasteiger partial charge in [-0.05, 0) is 148 Å². The normalized spacial score (nSPS) is 11.7. The van der Waals surface area contributed by atoms with E-state index in [-0.39, 0.29) is 18.1 Å². The van der Waals surface area contributed by atoms with Crippen molar-refractivity contribution in [3.05, 3.63) is 167 Å². The number of aliphatic carboxylic acids is 1. The molecule has 75 heavy (non-hydrogen) atoms. The average molecular weight is 1050 g/mol. The molecular weight excluding hydrogens is 987 g/mol. The summed E-state index contributed by atoms with van der Waals surface area (Å²) in [6, 6.07) is 33.4. The Bertz CT molecular complexity index is 2740. The molecule has 0 aliphatic heterocycles. The highest BCUT2D eigenvalue weighted by Crippen LogP contribution is 2.28. The summed E-state index contributed by atoms with van der Waals surface area (Å²) in [5.74, 6) is 0.613. The van der Waals surface area contributed by atoms with Gasteiger partial charge < -0.3 is 38.6 Å². The summed E-state index contributed by atoms with van der Waals surface area (Å²) < 4.78 is 99.2. The van der Waals surface area contributed by atoms with Crippen LogP contribution in [-0.4, -0.2) is 76.9 Å². The summed E-state index contributed by atoms with van der Waals surface area (Å²) in [4.78, 5) is 47.4. The van der Waals surface area contributed by atoms with Crippen molar-refractivity contribution >= 4 is 29.9 Å². The lowest BCUT2D eigenvalue weighted by atomic mass is 10.1. The number of hydrogen-bond acceptors (Lipinski definition) is 12. The lowest BCUT2D eigenvalue weighted by molar-refractivity contribution is -0.275. The fourth-order valence-electron chi connectivity index (χ4n) is 7.12. The molecule has 0 radical (unpaired) electrons. The zero-order valence-corrected chi connectivity index (χ0v) is 42.6.